The molecule has 1 saturated heterocycles. The molecule has 3 N–H and O–H groups in total. The van der Waals surface area contributed by atoms with Gasteiger partial charge >= 0.3 is 6.03 Å². The summed E-state index contributed by atoms with van der Waals surface area (Å²) in [6.07, 6.45) is 3.22. The van der Waals surface area contributed by atoms with Crippen molar-refractivity contribution in [1.82, 2.24) is 15.1 Å². The first-order valence-electron chi connectivity index (χ1n) is 14.8. The third-order valence-electron chi connectivity index (χ3n) is 7.90. The van der Waals surface area contributed by atoms with Gasteiger partial charge in [-0.15, -0.1) is 11.3 Å². The number of hydrogen-bond donors (Lipinski definition) is 3. The number of thiophene rings is 1. The highest BCUT2D eigenvalue weighted by Gasteiger charge is 2.31. The fourth-order valence-corrected chi connectivity index (χ4v) is 6.27. The van der Waals surface area contributed by atoms with E-state index in [0.717, 1.165) is 54.9 Å². The van der Waals surface area contributed by atoms with Gasteiger partial charge in [-0.1, -0.05) is 56.7 Å². The molecule has 42 heavy (non-hydrogen) atoms. The summed E-state index contributed by atoms with van der Waals surface area (Å²) in [7, 11) is 0. The quantitative estimate of drug-likeness (QED) is 0.191. The number of aromatic nitrogens is 2. The number of nitrogens with one attached hydrogen (secondary N) is 3. The maximum Gasteiger partial charge on any atom is 0.324 e. The minimum Gasteiger partial charge on any atom is -0.317 e. The van der Waals surface area contributed by atoms with Crippen LogP contribution < -0.4 is 16.0 Å². The molecule has 1 fully saturated rings. The molecule has 0 bridgehead atoms. The number of piperidine rings is 1. The number of nitrogens with zero attached hydrogens (tertiary/aromatic N) is 2. The van der Waals surface area contributed by atoms with Crippen molar-refractivity contribution in [2.75, 3.05) is 23.7 Å². The van der Waals surface area contributed by atoms with E-state index in [1.165, 1.54) is 4.88 Å². The monoisotopic (exact) mass is 583 g/mol. The Labute approximate surface area is 252 Å². The zero-order valence-electron chi connectivity index (χ0n) is 24.9. The van der Waals surface area contributed by atoms with Crippen molar-refractivity contribution in [2.45, 2.75) is 64.7 Å². The minimum atomic E-state index is -0.358. The summed E-state index contributed by atoms with van der Waals surface area (Å²) in [5, 5.41) is 16.3. The van der Waals surface area contributed by atoms with Crippen LogP contribution >= 0.6 is 11.3 Å². The molecule has 0 saturated carbocycles. The van der Waals surface area contributed by atoms with Crippen molar-refractivity contribution in [3.63, 3.8) is 0 Å². The second kappa shape index (κ2) is 13.0. The van der Waals surface area contributed by atoms with E-state index in [9.17, 15) is 9.59 Å². The van der Waals surface area contributed by atoms with Gasteiger partial charge in [-0.25, -0.2) is 9.48 Å². The summed E-state index contributed by atoms with van der Waals surface area (Å²) < 4.78 is 1.77. The molecule has 1 unspecified atom stereocenters. The minimum absolute atomic E-state index is 0.184. The Morgan fingerprint density at radius 1 is 1.02 bits per heavy atom. The standard InChI is InChI=1S/C34H41N5O2S/c1-23-10-12-27(13-11-23)39-31(22-30(38-39)34(2,3)4)37-33(41)36-26-8-5-7-25(21-26)32(24-16-18-35-19-17-24)29(40)15-14-28-9-6-20-42-28/h5-13,20-22,24,32,35H,14-19H2,1-4H3,(H2,36,37,41). The van der Waals surface area contributed by atoms with E-state index in [2.05, 4.69) is 48.2 Å². The Morgan fingerprint density at radius 2 is 1.79 bits per heavy atom. The summed E-state index contributed by atoms with van der Waals surface area (Å²) in [6, 6.07) is 21.5. The highest BCUT2D eigenvalue weighted by atomic mass is 32.1. The van der Waals surface area contributed by atoms with Crippen molar-refractivity contribution >= 4 is 34.7 Å². The Bertz CT molecular complexity index is 1500. The Hall–Kier alpha value is -3.75. The molecule has 1 aliphatic heterocycles. The molecule has 220 valence electrons. The SMILES string of the molecule is Cc1ccc(-n2nc(C(C)(C)C)cc2NC(=O)Nc2cccc(C(C(=O)CCc3cccs3)C3CCNCC3)c2)cc1. The van der Waals surface area contributed by atoms with Crippen molar-refractivity contribution in [2.24, 2.45) is 5.92 Å². The van der Waals surface area contributed by atoms with Crippen molar-refractivity contribution < 1.29 is 9.59 Å². The van der Waals surface area contributed by atoms with E-state index in [0.29, 0.717) is 17.9 Å². The molecule has 2 aromatic carbocycles. The summed E-state index contributed by atoms with van der Waals surface area (Å²) >= 11 is 1.70. The van der Waals surface area contributed by atoms with Crippen LogP contribution in [0.25, 0.3) is 5.69 Å². The summed E-state index contributed by atoms with van der Waals surface area (Å²) in [6.45, 7) is 10.2. The van der Waals surface area contributed by atoms with Crippen LogP contribution in [0.2, 0.25) is 0 Å². The van der Waals surface area contributed by atoms with Gasteiger partial charge in [0.25, 0.3) is 0 Å². The number of carbonyl (C=O) groups excluding carboxylic acids is 2. The first kappa shape index (κ1) is 29.7. The number of rotatable bonds is 9. The average Bonchev–Trinajstić information content (AvgIpc) is 3.64. The molecule has 8 heteroatoms. The molecule has 0 spiro atoms. The van der Waals surface area contributed by atoms with Gasteiger partial charge in [0, 0.05) is 34.4 Å². The van der Waals surface area contributed by atoms with E-state index in [4.69, 9.17) is 5.10 Å². The predicted octanol–water partition coefficient (Wildman–Crippen LogP) is 7.47. The smallest absolute Gasteiger partial charge is 0.317 e. The van der Waals surface area contributed by atoms with Crippen LogP contribution in [0.4, 0.5) is 16.3 Å². The lowest BCUT2D eigenvalue weighted by Crippen LogP contribution is -2.33. The van der Waals surface area contributed by atoms with Crippen LogP contribution in [-0.4, -0.2) is 34.7 Å². The van der Waals surface area contributed by atoms with Gasteiger partial charge in [0.2, 0.25) is 0 Å². The number of Topliss-reactive ketones (excluding diaryl/α,β-unsaturated/α-hetero) is 1. The molecule has 0 radical (unpaired) electrons. The molecule has 4 aromatic rings. The highest BCUT2D eigenvalue weighted by Crippen LogP contribution is 2.35. The third-order valence-corrected chi connectivity index (χ3v) is 8.84. The molecule has 0 aliphatic carbocycles. The highest BCUT2D eigenvalue weighted by molar-refractivity contribution is 7.09. The summed E-state index contributed by atoms with van der Waals surface area (Å²) in [4.78, 5) is 28.2. The molecule has 2 aromatic heterocycles. The predicted molar refractivity (Wildman–Crippen MR) is 172 cm³/mol. The summed E-state index contributed by atoms with van der Waals surface area (Å²) in [5.41, 5.74) is 4.35. The van der Waals surface area contributed by atoms with E-state index >= 15 is 0 Å². The van der Waals surface area contributed by atoms with Gasteiger partial charge in [-0.05, 0) is 86.5 Å². The van der Waals surface area contributed by atoms with Gasteiger partial charge < -0.3 is 10.6 Å². The Kier molecular flexibility index (Phi) is 9.24. The maximum absolute atomic E-state index is 13.7. The van der Waals surface area contributed by atoms with Crippen molar-refractivity contribution in [3.05, 3.63) is 93.8 Å². The van der Waals surface area contributed by atoms with Crippen LogP contribution in [0.5, 0.6) is 0 Å². The number of hydrogen-bond acceptors (Lipinski definition) is 5. The topological polar surface area (TPSA) is 88.1 Å². The molecule has 1 atom stereocenters. The lowest BCUT2D eigenvalue weighted by Gasteiger charge is -2.30. The van der Waals surface area contributed by atoms with E-state index in [-0.39, 0.29) is 29.1 Å². The lowest BCUT2D eigenvalue weighted by molar-refractivity contribution is -0.121. The number of urea groups is 1. The second-order valence-electron chi connectivity index (χ2n) is 12.2. The first-order chi connectivity index (χ1) is 20.2. The van der Waals surface area contributed by atoms with Crippen molar-refractivity contribution in [1.29, 1.82) is 0 Å². The zero-order valence-corrected chi connectivity index (χ0v) is 25.8. The number of anilines is 2. The summed E-state index contributed by atoms with van der Waals surface area (Å²) in [5.74, 6) is 0.961. The molecule has 5 rings (SSSR count). The fraction of sp³-hybridized carbons (Fsp3) is 0.382. The van der Waals surface area contributed by atoms with Crippen LogP contribution in [0.3, 0.4) is 0 Å². The van der Waals surface area contributed by atoms with E-state index < -0.39 is 0 Å². The maximum atomic E-state index is 13.7. The Morgan fingerprint density at radius 3 is 2.48 bits per heavy atom. The third kappa shape index (κ3) is 7.36. The normalized spacial score (nSPS) is 14.9. The second-order valence-corrected chi connectivity index (χ2v) is 13.3. The van der Waals surface area contributed by atoms with Gasteiger partial charge in [0.05, 0.1) is 11.4 Å². The van der Waals surface area contributed by atoms with E-state index in [1.54, 1.807) is 16.0 Å². The van der Waals surface area contributed by atoms with Crippen LogP contribution in [-0.2, 0) is 16.6 Å². The number of ketones is 1. The van der Waals surface area contributed by atoms with Crippen LogP contribution in [0.1, 0.15) is 67.6 Å². The lowest BCUT2D eigenvalue weighted by atomic mass is 9.77. The van der Waals surface area contributed by atoms with E-state index in [1.807, 2.05) is 67.6 Å². The Balaban J connectivity index is 1.35. The number of aryl methyl sites for hydroxylation is 2. The molecule has 3 heterocycles. The average molecular weight is 584 g/mol. The van der Waals surface area contributed by atoms with Crippen LogP contribution in [0.15, 0.2) is 72.1 Å². The molecular formula is C34H41N5O2S. The van der Waals surface area contributed by atoms with Gasteiger partial charge in [-0.3, -0.25) is 10.1 Å². The number of carbonyl (C=O) groups is 2. The van der Waals surface area contributed by atoms with Crippen molar-refractivity contribution in [3.8, 4) is 5.69 Å². The fourth-order valence-electron chi connectivity index (χ4n) is 5.56. The molecular weight excluding hydrogens is 542 g/mol. The zero-order chi connectivity index (χ0) is 29.7. The van der Waals surface area contributed by atoms with Crippen LogP contribution in [0, 0.1) is 12.8 Å². The van der Waals surface area contributed by atoms with Gasteiger partial charge in [0.15, 0.2) is 0 Å². The van der Waals surface area contributed by atoms with Gasteiger partial charge in [-0.2, -0.15) is 5.10 Å². The van der Waals surface area contributed by atoms with Gasteiger partial charge in [0.1, 0.15) is 11.6 Å². The number of benzene rings is 2. The molecule has 1 aliphatic rings. The number of amides is 2. The first-order valence-corrected chi connectivity index (χ1v) is 15.7. The molecule has 7 nitrogen and oxygen atoms in total. The molecule has 2 amide bonds. The largest absolute Gasteiger partial charge is 0.324 e.